The lowest BCUT2D eigenvalue weighted by Gasteiger charge is -2.03. The zero-order valence-corrected chi connectivity index (χ0v) is 14.7. The van der Waals surface area contributed by atoms with E-state index in [1.54, 1.807) is 13.1 Å². The molecule has 0 amide bonds. The van der Waals surface area contributed by atoms with E-state index in [0.29, 0.717) is 28.7 Å². The van der Waals surface area contributed by atoms with Crippen LogP contribution in [-0.4, -0.2) is 34.6 Å². The molecule has 0 saturated heterocycles. The summed E-state index contributed by atoms with van der Waals surface area (Å²) in [4.78, 5) is 17.2. The summed E-state index contributed by atoms with van der Waals surface area (Å²) in [6.45, 7) is 4.55. The van der Waals surface area contributed by atoms with E-state index in [0.717, 1.165) is 23.0 Å². The Morgan fingerprint density at radius 1 is 1.22 bits per heavy atom. The Labute approximate surface area is 152 Å². The molecule has 0 radical (unpaired) electrons. The predicted octanol–water partition coefficient (Wildman–Crippen LogP) is 2.42. The molecule has 0 aliphatic rings. The maximum atomic E-state index is 12.5. The molecule has 4 heterocycles. The van der Waals surface area contributed by atoms with Crippen molar-refractivity contribution in [1.82, 2.24) is 34.6 Å². The van der Waals surface area contributed by atoms with Crippen molar-refractivity contribution in [2.24, 2.45) is 0 Å². The van der Waals surface area contributed by atoms with Crippen LogP contribution in [0.5, 0.6) is 0 Å². The summed E-state index contributed by atoms with van der Waals surface area (Å²) in [6, 6.07) is 7.41. The van der Waals surface area contributed by atoms with E-state index >= 15 is 0 Å². The molecule has 0 fully saturated rings. The molecule has 5 aromatic rings. The normalized spacial score (nSPS) is 11.6. The molecule has 0 unspecified atom stereocenters. The van der Waals surface area contributed by atoms with Gasteiger partial charge in [0.1, 0.15) is 5.56 Å². The van der Waals surface area contributed by atoms with Crippen molar-refractivity contribution < 1.29 is 4.42 Å². The van der Waals surface area contributed by atoms with Gasteiger partial charge in [-0.2, -0.15) is 5.10 Å². The number of benzene rings is 1. The third-order valence-corrected chi connectivity index (χ3v) is 4.49. The molecular formula is C18H15N7O2. The SMILES string of the molecule is CCn1ncc2cc(-c3cc(=O)n4[nH]cc(-c5nnc(C)o5)c4n3)ccc21. The Morgan fingerprint density at radius 3 is 2.89 bits per heavy atom. The van der Waals surface area contributed by atoms with E-state index in [1.807, 2.05) is 36.0 Å². The third kappa shape index (κ3) is 2.35. The standard InChI is InChI=1S/C18H15N7O2/c1-3-24-15-5-4-11(6-12(15)8-19-24)14-7-16(26)25-17(21-14)13(9-20-25)18-23-22-10(2)27-18/h4-9,20H,3H2,1-2H3. The second-order valence-corrected chi connectivity index (χ2v) is 6.19. The lowest BCUT2D eigenvalue weighted by molar-refractivity contribution is 0.533. The van der Waals surface area contributed by atoms with Gasteiger partial charge >= 0.3 is 0 Å². The molecule has 1 aromatic carbocycles. The minimum absolute atomic E-state index is 0.221. The van der Waals surface area contributed by atoms with Gasteiger partial charge in [0.15, 0.2) is 5.65 Å². The minimum Gasteiger partial charge on any atom is -0.421 e. The van der Waals surface area contributed by atoms with Crippen molar-refractivity contribution in [2.75, 3.05) is 0 Å². The van der Waals surface area contributed by atoms with Gasteiger partial charge in [-0.3, -0.25) is 14.6 Å². The van der Waals surface area contributed by atoms with Crippen molar-refractivity contribution in [2.45, 2.75) is 20.4 Å². The van der Waals surface area contributed by atoms with Crippen LogP contribution in [0.1, 0.15) is 12.8 Å². The van der Waals surface area contributed by atoms with E-state index in [2.05, 4.69) is 25.4 Å². The molecule has 1 N–H and O–H groups in total. The monoisotopic (exact) mass is 361 g/mol. The Bertz CT molecular complexity index is 1360. The summed E-state index contributed by atoms with van der Waals surface area (Å²) in [7, 11) is 0. The van der Waals surface area contributed by atoms with Crippen LogP contribution in [0.15, 0.2) is 45.9 Å². The molecule has 4 aromatic heterocycles. The van der Waals surface area contributed by atoms with Gasteiger partial charge in [0.25, 0.3) is 11.4 Å². The fourth-order valence-corrected chi connectivity index (χ4v) is 3.19. The topological polar surface area (TPSA) is 107 Å². The third-order valence-electron chi connectivity index (χ3n) is 4.49. The van der Waals surface area contributed by atoms with Gasteiger partial charge in [-0.1, -0.05) is 6.07 Å². The van der Waals surface area contributed by atoms with Gasteiger partial charge in [0, 0.05) is 36.7 Å². The number of hydrogen-bond acceptors (Lipinski definition) is 6. The molecular weight excluding hydrogens is 346 g/mol. The molecule has 0 atom stereocenters. The van der Waals surface area contributed by atoms with Crippen LogP contribution in [0.25, 0.3) is 39.3 Å². The Balaban J connectivity index is 1.70. The summed E-state index contributed by atoms with van der Waals surface area (Å²) in [6.07, 6.45) is 3.45. The van der Waals surface area contributed by atoms with Crippen molar-refractivity contribution in [3.8, 4) is 22.7 Å². The summed E-state index contributed by atoms with van der Waals surface area (Å²) in [5.41, 5.74) is 3.25. The summed E-state index contributed by atoms with van der Waals surface area (Å²) in [5, 5.41) is 16.1. The fourth-order valence-electron chi connectivity index (χ4n) is 3.19. The molecule has 9 nitrogen and oxygen atoms in total. The molecule has 9 heteroatoms. The van der Waals surface area contributed by atoms with Gasteiger partial charge in [-0.05, 0) is 19.1 Å². The second-order valence-electron chi connectivity index (χ2n) is 6.19. The van der Waals surface area contributed by atoms with Crippen LogP contribution in [0.3, 0.4) is 0 Å². The maximum Gasteiger partial charge on any atom is 0.273 e. The van der Waals surface area contributed by atoms with E-state index < -0.39 is 0 Å². The molecule has 0 bridgehead atoms. The van der Waals surface area contributed by atoms with Crippen LogP contribution < -0.4 is 5.56 Å². The van der Waals surface area contributed by atoms with Gasteiger partial charge in [0.2, 0.25) is 5.89 Å². The Kier molecular flexibility index (Phi) is 3.23. The summed E-state index contributed by atoms with van der Waals surface area (Å²) >= 11 is 0. The van der Waals surface area contributed by atoms with Crippen molar-refractivity contribution in [3.63, 3.8) is 0 Å². The highest BCUT2D eigenvalue weighted by Gasteiger charge is 2.16. The lowest BCUT2D eigenvalue weighted by Crippen LogP contribution is -2.14. The zero-order valence-electron chi connectivity index (χ0n) is 14.7. The first-order valence-corrected chi connectivity index (χ1v) is 8.51. The summed E-state index contributed by atoms with van der Waals surface area (Å²) in [5.74, 6) is 0.760. The molecule has 134 valence electrons. The minimum atomic E-state index is -0.221. The van der Waals surface area contributed by atoms with Crippen molar-refractivity contribution in [3.05, 3.63) is 52.9 Å². The number of fused-ring (bicyclic) bond motifs is 2. The van der Waals surface area contributed by atoms with Crippen LogP contribution in [0.4, 0.5) is 0 Å². The molecule has 27 heavy (non-hydrogen) atoms. The first-order valence-electron chi connectivity index (χ1n) is 8.51. The van der Waals surface area contributed by atoms with E-state index in [4.69, 9.17) is 4.42 Å². The molecule has 5 rings (SSSR count). The first-order chi connectivity index (χ1) is 13.1. The Hall–Kier alpha value is -3.75. The average Bonchev–Trinajstić information content (AvgIpc) is 3.38. The predicted molar refractivity (Wildman–Crippen MR) is 98.2 cm³/mol. The van der Waals surface area contributed by atoms with E-state index in [1.165, 1.54) is 10.6 Å². The number of nitrogens with zero attached hydrogens (tertiary/aromatic N) is 6. The number of aryl methyl sites for hydroxylation is 2. The molecule has 0 spiro atoms. The van der Waals surface area contributed by atoms with Crippen LogP contribution >= 0.6 is 0 Å². The van der Waals surface area contributed by atoms with Crippen molar-refractivity contribution >= 4 is 16.6 Å². The highest BCUT2D eigenvalue weighted by molar-refractivity contribution is 5.84. The maximum absolute atomic E-state index is 12.5. The number of H-pyrrole nitrogens is 1. The van der Waals surface area contributed by atoms with Crippen LogP contribution in [0.2, 0.25) is 0 Å². The first kappa shape index (κ1) is 15.5. The van der Waals surface area contributed by atoms with E-state index in [9.17, 15) is 4.79 Å². The van der Waals surface area contributed by atoms with E-state index in [-0.39, 0.29) is 5.56 Å². The number of aromatic nitrogens is 7. The highest BCUT2D eigenvalue weighted by atomic mass is 16.4. The average molecular weight is 361 g/mol. The second kappa shape index (κ2) is 5.63. The summed E-state index contributed by atoms with van der Waals surface area (Å²) < 4.78 is 8.76. The fraction of sp³-hybridized carbons (Fsp3) is 0.167. The molecule has 0 aliphatic carbocycles. The number of hydrogen-bond donors (Lipinski definition) is 1. The van der Waals surface area contributed by atoms with Crippen molar-refractivity contribution in [1.29, 1.82) is 0 Å². The van der Waals surface area contributed by atoms with Gasteiger partial charge < -0.3 is 4.42 Å². The zero-order chi connectivity index (χ0) is 18.5. The number of aromatic amines is 1. The largest absolute Gasteiger partial charge is 0.421 e. The van der Waals surface area contributed by atoms with Gasteiger partial charge in [-0.15, -0.1) is 10.2 Å². The molecule has 0 aliphatic heterocycles. The van der Waals surface area contributed by atoms with Crippen LogP contribution in [0, 0.1) is 6.92 Å². The lowest BCUT2D eigenvalue weighted by atomic mass is 10.1. The van der Waals surface area contributed by atoms with Crippen LogP contribution in [-0.2, 0) is 6.54 Å². The smallest absolute Gasteiger partial charge is 0.273 e. The number of rotatable bonds is 3. The van der Waals surface area contributed by atoms with Gasteiger partial charge in [-0.25, -0.2) is 9.50 Å². The number of nitrogens with one attached hydrogen (secondary N) is 1. The molecule has 0 saturated carbocycles. The quantitative estimate of drug-likeness (QED) is 0.529. The highest BCUT2D eigenvalue weighted by Crippen LogP contribution is 2.25. The van der Waals surface area contributed by atoms with Gasteiger partial charge in [0.05, 0.1) is 17.4 Å². The Morgan fingerprint density at radius 2 is 2.11 bits per heavy atom.